The van der Waals surface area contributed by atoms with Gasteiger partial charge in [-0.15, -0.1) is 5.98 Å². The summed E-state index contributed by atoms with van der Waals surface area (Å²) < 4.78 is 40.4. The van der Waals surface area contributed by atoms with Crippen LogP contribution in [0, 0.1) is 0 Å². The van der Waals surface area contributed by atoms with E-state index in [0.29, 0.717) is 0 Å². The van der Waals surface area contributed by atoms with Crippen molar-refractivity contribution in [2.24, 2.45) is 0 Å². The second kappa shape index (κ2) is 6.44. The van der Waals surface area contributed by atoms with Crippen LogP contribution in [0.15, 0.2) is 11.5 Å². The molecule has 0 aromatic heterocycles. The molecule has 0 amide bonds. The van der Waals surface area contributed by atoms with E-state index in [9.17, 15) is 17.7 Å². The third-order valence-corrected chi connectivity index (χ3v) is 1.16. The average molecular weight is 248 g/mol. The fourth-order valence-electron chi connectivity index (χ4n) is 0.710. The van der Waals surface area contributed by atoms with Crippen molar-refractivity contribution in [2.75, 3.05) is 0 Å². The normalized spacial score (nSPS) is 13.1. The van der Waals surface area contributed by atoms with Gasteiger partial charge in [0.15, 0.2) is 0 Å². The van der Waals surface area contributed by atoms with Crippen LogP contribution in [0.4, 0.5) is 12.9 Å². The second-order valence-corrected chi connectivity index (χ2v) is 3.98. The van der Waals surface area contributed by atoms with Gasteiger partial charge in [0.25, 0.3) is 0 Å². The molecule has 0 aliphatic carbocycles. The molecule has 0 bridgehead atoms. The van der Waals surface area contributed by atoms with Gasteiger partial charge in [0.05, 0.1) is 0 Å². The number of rotatable bonds is 2. The molecule has 0 saturated carbocycles. The van der Waals surface area contributed by atoms with Crippen molar-refractivity contribution < 1.29 is 73.9 Å². The molecule has 0 saturated heterocycles. The van der Waals surface area contributed by atoms with Crippen LogP contribution in [0.2, 0.25) is 0 Å². The van der Waals surface area contributed by atoms with Crippen LogP contribution in [0.1, 0.15) is 27.7 Å². The number of esters is 1. The maximum absolute atomic E-state index is 11.9. The van der Waals surface area contributed by atoms with Crippen LogP contribution in [-0.2, 0) is 9.53 Å². The van der Waals surface area contributed by atoms with Crippen LogP contribution >= 0.6 is 0 Å². The van der Waals surface area contributed by atoms with Crippen molar-refractivity contribution >= 4 is 12.9 Å². The fourth-order valence-corrected chi connectivity index (χ4v) is 0.710. The molecule has 15 heavy (non-hydrogen) atoms. The predicted molar refractivity (Wildman–Crippen MR) is 48.7 cm³/mol. The summed E-state index contributed by atoms with van der Waals surface area (Å²) in [6.07, 6.45) is 0. The average Bonchev–Trinajstić information content (AvgIpc) is 1.78. The Bertz CT molecular complexity index is 256. The molecule has 0 spiro atoms. The smallest absolute Gasteiger partial charge is 0.457 e. The van der Waals surface area contributed by atoms with Gasteiger partial charge in [0.2, 0.25) is 0 Å². The molecule has 0 aromatic carbocycles. The summed E-state index contributed by atoms with van der Waals surface area (Å²) in [6.45, 7) is 0.783. The first-order valence-corrected chi connectivity index (χ1v) is 4.14. The van der Waals surface area contributed by atoms with Crippen molar-refractivity contribution in [3.8, 4) is 0 Å². The molecular weight excluding hydrogens is 235 g/mol. The maximum Gasteiger partial charge on any atom is 1.00 e. The Morgan fingerprint density at radius 2 is 1.67 bits per heavy atom. The SMILES string of the molecule is C/C(=C\[B-](F)(F)F)C(=O)OC(C)(C)C.[K+]. The summed E-state index contributed by atoms with van der Waals surface area (Å²) in [7, 11) is 0. The summed E-state index contributed by atoms with van der Waals surface area (Å²) in [6, 6.07) is 0. The van der Waals surface area contributed by atoms with Crippen LogP contribution < -0.4 is 51.4 Å². The Balaban J connectivity index is 0. The van der Waals surface area contributed by atoms with Crippen molar-refractivity contribution in [3.05, 3.63) is 11.5 Å². The van der Waals surface area contributed by atoms with Gasteiger partial charge in [-0.1, -0.05) is 0 Å². The topological polar surface area (TPSA) is 26.3 Å². The Labute approximate surface area is 130 Å². The van der Waals surface area contributed by atoms with Gasteiger partial charge >= 0.3 is 64.3 Å². The number of hydrogen-bond acceptors (Lipinski definition) is 2. The largest absolute Gasteiger partial charge is 1.00 e. The van der Waals surface area contributed by atoms with E-state index in [1.807, 2.05) is 0 Å². The van der Waals surface area contributed by atoms with Crippen LogP contribution in [0.5, 0.6) is 0 Å². The predicted octanol–water partition coefficient (Wildman–Crippen LogP) is -0.335. The summed E-state index contributed by atoms with van der Waals surface area (Å²) in [5.74, 6) is -0.939. The monoisotopic (exact) mass is 248 g/mol. The first-order valence-electron chi connectivity index (χ1n) is 4.14. The van der Waals surface area contributed by atoms with E-state index in [1.54, 1.807) is 20.8 Å². The molecule has 0 atom stereocenters. The molecule has 0 aliphatic rings. The maximum atomic E-state index is 11.9. The van der Waals surface area contributed by atoms with Crippen molar-refractivity contribution in [2.45, 2.75) is 33.3 Å². The van der Waals surface area contributed by atoms with Crippen LogP contribution in [0.25, 0.3) is 0 Å². The zero-order valence-electron chi connectivity index (χ0n) is 9.61. The van der Waals surface area contributed by atoms with Crippen molar-refractivity contribution in [1.82, 2.24) is 0 Å². The third-order valence-electron chi connectivity index (χ3n) is 1.16. The Kier molecular flexibility index (Phi) is 7.76. The molecule has 0 N–H and O–H groups in total. The molecule has 0 radical (unpaired) electrons. The quantitative estimate of drug-likeness (QED) is 0.380. The molecule has 0 fully saturated rings. The van der Waals surface area contributed by atoms with E-state index in [0.717, 1.165) is 6.92 Å². The van der Waals surface area contributed by atoms with E-state index in [4.69, 9.17) is 4.74 Å². The van der Waals surface area contributed by atoms with Gasteiger partial charge in [0.1, 0.15) is 5.60 Å². The molecule has 7 heteroatoms. The van der Waals surface area contributed by atoms with Gasteiger partial charge in [-0.25, -0.2) is 4.79 Å². The number of carbonyl (C=O) groups excluding carboxylic acids is 1. The van der Waals surface area contributed by atoms with Crippen molar-refractivity contribution in [1.29, 1.82) is 0 Å². The Hall–Kier alpha value is 0.701. The van der Waals surface area contributed by atoms with Gasteiger partial charge in [-0.3, -0.25) is 0 Å². The summed E-state index contributed by atoms with van der Waals surface area (Å²) in [4.78, 5) is 11.1. The molecule has 0 aromatic rings. The van der Waals surface area contributed by atoms with E-state index in [1.165, 1.54) is 0 Å². The summed E-state index contributed by atoms with van der Waals surface area (Å²) >= 11 is 0. The Morgan fingerprint density at radius 1 is 1.27 bits per heavy atom. The molecule has 2 nitrogen and oxygen atoms in total. The number of carbonyl (C=O) groups is 1. The summed E-state index contributed by atoms with van der Waals surface area (Å²) in [5, 5.41) is 0. The van der Waals surface area contributed by atoms with Crippen LogP contribution in [-0.4, -0.2) is 18.5 Å². The van der Waals surface area contributed by atoms with Gasteiger partial charge < -0.3 is 17.7 Å². The van der Waals surface area contributed by atoms with Crippen LogP contribution in [0.3, 0.4) is 0 Å². The van der Waals surface area contributed by atoms with Gasteiger partial charge in [0, 0.05) is 5.57 Å². The molecule has 0 unspecified atom stereocenters. The number of halogens is 3. The second-order valence-electron chi connectivity index (χ2n) is 3.98. The minimum absolute atomic E-state index is 0. The molecule has 82 valence electrons. The van der Waals surface area contributed by atoms with Gasteiger partial charge in [-0.05, 0) is 27.7 Å². The van der Waals surface area contributed by atoms with E-state index < -0.39 is 24.1 Å². The summed E-state index contributed by atoms with van der Waals surface area (Å²) in [5.41, 5.74) is -1.20. The van der Waals surface area contributed by atoms with E-state index in [-0.39, 0.29) is 57.4 Å². The van der Waals surface area contributed by atoms with Crippen molar-refractivity contribution in [3.63, 3.8) is 0 Å². The Morgan fingerprint density at radius 3 is 1.93 bits per heavy atom. The number of ether oxygens (including phenoxy) is 1. The van der Waals surface area contributed by atoms with Gasteiger partial charge in [-0.2, -0.15) is 0 Å². The zero-order valence-corrected chi connectivity index (χ0v) is 12.7. The third kappa shape index (κ3) is 11.0. The first kappa shape index (κ1) is 18.1. The molecular formula is C8H13BF3KO2. The first-order chi connectivity index (χ1) is 6.01. The fraction of sp³-hybridized carbons (Fsp3) is 0.625. The zero-order chi connectivity index (χ0) is 11.6. The number of hydrogen-bond donors (Lipinski definition) is 0. The molecule has 0 aliphatic heterocycles. The molecule has 0 rings (SSSR count). The van der Waals surface area contributed by atoms with E-state index >= 15 is 0 Å². The minimum Gasteiger partial charge on any atom is -0.457 e. The van der Waals surface area contributed by atoms with E-state index in [2.05, 4.69) is 0 Å². The minimum atomic E-state index is -5.09. The molecule has 0 heterocycles. The standard InChI is InChI=1S/C8H13BF3O2.K/c1-6(5-9(10,11)12)7(13)14-8(2,3)4;/h5H,1-4H3;/q-1;+1/b6-5+;.